The number of fused-ring (bicyclic) bond motifs is 1. The lowest BCUT2D eigenvalue weighted by Gasteiger charge is -2.31. The van der Waals surface area contributed by atoms with Crippen LogP contribution in [0.25, 0.3) is 0 Å². The van der Waals surface area contributed by atoms with Gasteiger partial charge >= 0.3 is 0 Å². The van der Waals surface area contributed by atoms with Gasteiger partial charge in [0, 0.05) is 23.0 Å². The molecule has 2 heterocycles. The summed E-state index contributed by atoms with van der Waals surface area (Å²) in [6.07, 6.45) is 0. The molecule has 1 amide bonds. The number of rotatable bonds is 4. The summed E-state index contributed by atoms with van der Waals surface area (Å²) in [5.41, 5.74) is 9.18. The average Bonchev–Trinajstić information content (AvgIpc) is 3.32. The van der Waals surface area contributed by atoms with Gasteiger partial charge in [0.15, 0.2) is 0 Å². The monoisotopic (exact) mass is 467 g/mol. The number of aromatic hydroxyl groups is 2. The van der Waals surface area contributed by atoms with Crippen molar-refractivity contribution in [2.24, 2.45) is 5.92 Å². The van der Waals surface area contributed by atoms with E-state index in [9.17, 15) is 19.4 Å². The Kier molecular flexibility index (Phi) is 5.48. The topological polar surface area (TPSA) is 84.8 Å². The Labute approximate surface area is 195 Å². The zero-order chi connectivity index (χ0) is 23.3. The van der Waals surface area contributed by atoms with E-state index in [2.05, 4.69) is 10.9 Å². The predicted octanol–water partition coefficient (Wildman–Crippen LogP) is 4.12. The number of hydrogen-bond donors (Lipinski definition) is 4. The van der Waals surface area contributed by atoms with Gasteiger partial charge in [-0.25, -0.2) is 15.2 Å². The minimum Gasteiger partial charge on any atom is -0.508 e. The van der Waals surface area contributed by atoms with Crippen LogP contribution < -0.4 is 10.9 Å². The van der Waals surface area contributed by atoms with E-state index in [-0.39, 0.29) is 35.7 Å². The minimum absolute atomic E-state index is 0.0935. The maximum absolute atomic E-state index is 13.5. The van der Waals surface area contributed by atoms with Gasteiger partial charge in [-0.15, -0.1) is 0 Å². The van der Waals surface area contributed by atoms with Crippen molar-refractivity contribution < 1.29 is 19.4 Å². The van der Waals surface area contributed by atoms with E-state index in [4.69, 9.17) is 11.6 Å². The number of nitrogens with zero attached hydrogens (tertiary/aromatic N) is 1. The number of hydrogen-bond acceptors (Lipinski definition) is 5. The number of benzene rings is 3. The summed E-state index contributed by atoms with van der Waals surface area (Å²) in [4.78, 5) is 15.2. The number of phenolic OH excluding ortho intramolecular Hbond substituents is 2. The minimum atomic E-state index is -0.553. The quantitative estimate of drug-likeness (QED) is 0.464. The van der Waals surface area contributed by atoms with Crippen molar-refractivity contribution in [1.29, 1.82) is 0 Å². The second-order valence-corrected chi connectivity index (χ2v) is 9.02. The molecule has 0 saturated carbocycles. The molecule has 0 radical (unpaired) electrons. The Morgan fingerprint density at radius 2 is 1.76 bits per heavy atom. The van der Waals surface area contributed by atoms with E-state index in [0.717, 1.165) is 16.7 Å². The fourth-order valence-corrected chi connectivity index (χ4v) is 5.14. The zero-order valence-corrected chi connectivity index (χ0v) is 18.6. The Balaban J connectivity index is 1.59. The molecule has 0 spiro atoms. The highest BCUT2D eigenvalue weighted by atomic mass is 35.5. The molecule has 3 aromatic carbocycles. The molecule has 0 aliphatic carbocycles. The van der Waals surface area contributed by atoms with Crippen molar-refractivity contribution in [2.45, 2.75) is 31.6 Å². The first-order chi connectivity index (χ1) is 15.8. The van der Waals surface area contributed by atoms with Crippen LogP contribution in [-0.2, 0) is 11.3 Å². The van der Waals surface area contributed by atoms with E-state index in [1.165, 1.54) is 12.1 Å². The van der Waals surface area contributed by atoms with Gasteiger partial charge in [-0.05, 0) is 60.0 Å². The highest BCUT2D eigenvalue weighted by Gasteiger charge is 2.55. The molecule has 4 unspecified atom stereocenters. The summed E-state index contributed by atoms with van der Waals surface area (Å²) < 4.78 is 13.4. The summed E-state index contributed by atoms with van der Waals surface area (Å²) in [5.74, 6) is -0.571. The number of carbonyl (C=O) groups excluding carboxylic acids is 1. The standard InChI is InChI=1S/C25H23ClFN3O3/c1-13-9-20(32)18(11-19(13)26)22-21-23(29-28-22)25(33)30(12-14-5-7-16(27)8-6-14)24(21)15-3-2-4-17(31)10-15/h2-11,21-24,28-29,31-32H,12H2,1H3. The lowest BCUT2D eigenvalue weighted by molar-refractivity contribution is -0.131. The number of carbonyl (C=O) groups is 1. The third-order valence-electron chi connectivity index (χ3n) is 6.53. The van der Waals surface area contributed by atoms with Crippen molar-refractivity contribution in [3.05, 3.63) is 93.8 Å². The SMILES string of the molecule is Cc1cc(O)c(C2NNC3C(=O)N(Cc4ccc(F)cc4)C(c4cccc(O)c4)C32)cc1Cl. The molecule has 3 aromatic rings. The number of nitrogens with one attached hydrogen (secondary N) is 2. The van der Waals surface area contributed by atoms with Crippen LogP contribution in [0.4, 0.5) is 4.39 Å². The summed E-state index contributed by atoms with van der Waals surface area (Å²) in [6.45, 7) is 2.09. The molecular weight excluding hydrogens is 445 g/mol. The maximum atomic E-state index is 13.5. The fraction of sp³-hybridized carbons (Fsp3) is 0.240. The van der Waals surface area contributed by atoms with Gasteiger partial charge in [0.05, 0.1) is 12.1 Å². The number of halogens is 2. The first-order valence-corrected chi connectivity index (χ1v) is 11.0. The molecule has 4 N–H and O–H groups in total. The molecule has 8 heteroatoms. The van der Waals surface area contributed by atoms with Crippen LogP contribution in [0.15, 0.2) is 60.7 Å². The van der Waals surface area contributed by atoms with Gasteiger partial charge < -0.3 is 15.1 Å². The lowest BCUT2D eigenvalue weighted by atomic mass is 9.83. The van der Waals surface area contributed by atoms with Crippen LogP contribution in [0.3, 0.4) is 0 Å². The van der Waals surface area contributed by atoms with Gasteiger partial charge in [-0.1, -0.05) is 35.9 Å². The molecule has 5 rings (SSSR count). The average molecular weight is 468 g/mol. The summed E-state index contributed by atoms with van der Waals surface area (Å²) in [7, 11) is 0. The molecule has 2 saturated heterocycles. The van der Waals surface area contributed by atoms with Crippen molar-refractivity contribution in [3.8, 4) is 11.5 Å². The summed E-state index contributed by atoms with van der Waals surface area (Å²) in [6, 6.07) is 14.9. The van der Waals surface area contributed by atoms with Crippen LogP contribution in [-0.4, -0.2) is 27.1 Å². The van der Waals surface area contributed by atoms with Gasteiger partial charge in [0.25, 0.3) is 0 Å². The molecule has 0 aromatic heterocycles. The van der Waals surface area contributed by atoms with Gasteiger partial charge in [0.2, 0.25) is 5.91 Å². The lowest BCUT2D eigenvalue weighted by Crippen LogP contribution is -2.41. The van der Waals surface area contributed by atoms with E-state index in [1.54, 1.807) is 47.4 Å². The molecule has 2 aliphatic rings. The fourth-order valence-electron chi connectivity index (χ4n) is 4.97. The van der Waals surface area contributed by atoms with E-state index < -0.39 is 18.1 Å². The second kappa shape index (κ2) is 8.33. The van der Waals surface area contributed by atoms with Crippen LogP contribution >= 0.6 is 11.6 Å². The number of hydrazine groups is 1. The first-order valence-electron chi connectivity index (χ1n) is 10.7. The summed E-state index contributed by atoms with van der Waals surface area (Å²) >= 11 is 6.36. The molecule has 2 fully saturated rings. The molecule has 2 aliphatic heterocycles. The smallest absolute Gasteiger partial charge is 0.242 e. The molecule has 170 valence electrons. The van der Waals surface area contributed by atoms with Crippen LogP contribution in [0.5, 0.6) is 11.5 Å². The second-order valence-electron chi connectivity index (χ2n) is 8.61. The Morgan fingerprint density at radius 3 is 2.48 bits per heavy atom. The molecule has 6 nitrogen and oxygen atoms in total. The van der Waals surface area contributed by atoms with Crippen molar-refractivity contribution >= 4 is 17.5 Å². The first kappa shape index (κ1) is 21.7. The van der Waals surface area contributed by atoms with E-state index >= 15 is 0 Å². The molecular formula is C25H23ClFN3O3. The molecule has 4 atom stereocenters. The Bertz CT molecular complexity index is 1220. The predicted molar refractivity (Wildman–Crippen MR) is 122 cm³/mol. The summed E-state index contributed by atoms with van der Waals surface area (Å²) in [5, 5.41) is 21.4. The third kappa shape index (κ3) is 3.82. The van der Waals surface area contributed by atoms with Crippen LogP contribution in [0, 0.1) is 18.7 Å². The molecule has 0 bridgehead atoms. The maximum Gasteiger partial charge on any atom is 0.242 e. The normalized spacial score (nSPS) is 24.3. The van der Waals surface area contributed by atoms with Crippen LogP contribution in [0.2, 0.25) is 5.02 Å². The number of likely N-dealkylation sites (tertiary alicyclic amines) is 1. The zero-order valence-electron chi connectivity index (χ0n) is 17.8. The van der Waals surface area contributed by atoms with E-state index in [1.807, 2.05) is 13.0 Å². The van der Waals surface area contributed by atoms with E-state index in [0.29, 0.717) is 10.6 Å². The third-order valence-corrected chi connectivity index (χ3v) is 6.94. The number of amides is 1. The van der Waals surface area contributed by atoms with Crippen LogP contribution in [0.1, 0.15) is 34.3 Å². The van der Waals surface area contributed by atoms with Crippen molar-refractivity contribution in [2.75, 3.05) is 0 Å². The highest BCUT2D eigenvalue weighted by molar-refractivity contribution is 6.31. The molecule has 33 heavy (non-hydrogen) atoms. The van der Waals surface area contributed by atoms with Crippen molar-refractivity contribution in [3.63, 3.8) is 0 Å². The number of aryl methyl sites for hydroxylation is 1. The van der Waals surface area contributed by atoms with Gasteiger partial charge in [0.1, 0.15) is 23.4 Å². The van der Waals surface area contributed by atoms with Gasteiger partial charge in [-0.2, -0.15) is 0 Å². The van der Waals surface area contributed by atoms with Crippen molar-refractivity contribution in [1.82, 2.24) is 15.8 Å². The largest absolute Gasteiger partial charge is 0.508 e. The highest BCUT2D eigenvalue weighted by Crippen LogP contribution is 2.49. The number of phenols is 2. The Hall–Kier alpha value is -3.13. The Morgan fingerprint density at radius 1 is 1.03 bits per heavy atom. The van der Waals surface area contributed by atoms with Gasteiger partial charge in [-0.3, -0.25) is 4.79 Å².